The standard InChI is InChI=1S/C23H21ClF2N4O6/c1-27-21(31)17-10-34-12(8-35-17)9-36-19-15(26)4-5-16-18(19)22(32)30-20(29-16)23(33)28-7-11-2-3-14(25)13(24)6-11/h2-6,12,17H,7-10H2,1H3,(H,27,31)(H,28,33)(H,29,30,32). The van der Waals surface area contributed by atoms with Crippen molar-refractivity contribution in [3.8, 4) is 5.75 Å². The minimum Gasteiger partial charge on any atom is -0.487 e. The van der Waals surface area contributed by atoms with Crippen molar-refractivity contribution >= 4 is 34.3 Å². The Balaban J connectivity index is 1.46. The van der Waals surface area contributed by atoms with E-state index in [2.05, 4.69) is 20.6 Å². The second-order valence-corrected chi connectivity index (χ2v) is 8.23. The van der Waals surface area contributed by atoms with Crippen molar-refractivity contribution in [2.24, 2.45) is 0 Å². The lowest BCUT2D eigenvalue weighted by Crippen LogP contribution is -2.46. The molecule has 2 amide bonds. The number of hydrogen-bond acceptors (Lipinski definition) is 7. The first kappa shape index (κ1) is 25.5. The van der Waals surface area contributed by atoms with E-state index in [1.807, 2.05) is 0 Å². The van der Waals surface area contributed by atoms with Crippen LogP contribution in [0, 0.1) is 11.6 Å². The Hall–Kier alpha value is -3.61. The number of benzene rings is 2. The molecule has 2 unspecified atom stereocenters. The highest BCUT2D eigenvalue weighted by atomic mass is 35.5. The maximum Gasteiger partial charge on any atom is 0.287 e. The minimum atomic E-state index is -0.805. The number of halogens is 3. The van der Waals surface area contributed by atoms with Gasteiger partial charge in [0.15, 0.2) is 23.5 Å². The number of carbonyl (C=O) groups excluding carboxylic acids is 2. The maximum atomic E-state index is 14.5. The molecule has 36 heavy (non-hydrogen) atoms. The summed E-state index contributed by atoms with van der Waals surface area (Å²) in [4.78, 5) is 43.3. The van der Waals surface area contributed by atoms with E-state index in [1.54, 1.807) is 0 Å². The summed E-state index contributed by atoms with van der Waals surface area (Å²) in [5, 5.41) is 4.73. The SMILES string of the molecule is CNC(=O)C1COC(COc2c(F)ccc3nc(C(=O)NCc4ccc(F)c(Cl)c4)[nH]c(=O)c23)CO1. The van der Waals surface area contributed by atoms with Crippen LogP contribution in [0.3, 0.4) is 0 Å². The van der Waals surface area contributed by atoms with Crippen LogP contribution in [-0.2, 0) is 20.8 Å². The molecule has 0 aliphatic carbocycles. The zero-order chi connectivity index (χ0) is 25.8. The number of fused-ring (bicyclic) bond motifs is 1. The van der Waals surface area contributed by atoms with Gasteiger partial charge in [0.1, 0.15) is 23.9 Å². The second-order valence-electron chi connectivity index (χ2n) is 7.82. The van der Waals surface area contributed by atoms with Crippen LogP contribution in [0.5, 0.6) is 5.75 Å². The zero-order valence-electron chi connectivity index (χ0n) is 18.9. The average Bonchev–Trinajstić information content (AvgIpc) is 2.88. The third-order valence-electron chi connectivity index (χ3n) is 5.35. The molecule has 1 aromatic heterocycles. The van der Waals surface area contributed by atoms with Crippen LogP contribution in [0.2, 0.25) is 5.02 Å². The van der Waals surface area contributed by atoms with Crippen LogP contribution in [-0.4, -0.2) is 60.9 Å². The predicted molar refractivity (Wildman–Crippen MR) is 124 cm³/mol. The fourth-order valence-electron chi connectivity index (χ4n) is 3.47. The molecule has 0 saturated carbocycles. The van der Waals surface area contributed by atoms with E-state index >= 15 is 0 Å². The number of amides is 2. The Kier molecular flexibility index (Phi) is 7.77. The van der Waals surface area contributed by atoms with Gasteiger partial charge >= 0.3 is 0 Å². The van der Waals surface area contributed by atoms with Crippen molar-refractivity contribution in [2.45, 2.75) is 18.8 Å². The fraction of sp³-hybridized carbons (Fsp3) is 0.304. The van der Waals surface area contributed by atoms with Gasteiger partial charge < -0.3 is 29.8 Å². The highest BCUT2D eigenvalue weighted by molar-refractivity contribution is 6.30. The van der Waals surface area contributed by atoms with E-state index in [0.29, 0.717) is 5.56 Å². The molecular formula is C23H21ClF2N4O6. The molecule has 2 aromatic carbocycles. The Bertz CT molecular complexity index is 1360. The highest BCUT2D eigenvalue weighted by Crippen LogP contribution is 2.26. The molecule has 4 rings (SSSR count). The Morgan fingerprint density at radius 1 is 1.19 bits per heavy atom. The Morgan fingerprint density at radius 2 is 1.97 bits per heavy atom. The molecule has 0 spiro atoms. The summed E-state index contributed by atoms with van der Waals surface area (Å²) < 4.78 is 44.3. The molecule has 0 radical (unpaired) electrons. The number of ether oxygens (including phenoxy) is 3. The monoisotopic (exact) mass is 522 g/mol. The highest BCUT2D eigenvalue weighted by Gasteiger charge is 2.28. The summed E-state index contributed by atoms with van der Waals surface area (Å²) in [5.74, 6) is -3.09. The van der Waals surface area contributed by atoms with Gasteiger partial charge in [-0.25, -0.2) is 13.8 Å². The van der Waals surface area contributed by atoms with Crippen molar-refractivity contribution < 1.29 is 32.6 Å². The van der Waals surface area contributed by atoms with E-state index in [4.69, 9.17) is 25.8 Å². The zero-order valence-corrected chi connectivity index (χ0v) is 19.7. The number of likely N-dealkylation sites (N-methyl/N-ethyl adjacent to an activating group) is 1. The molecule has 1 aliphatic rings. The van der Waals surface area contributed by atoms with Gasteiger partial charge in [-0.2, -0.15) is 0 Å². The van der Waals surface area contributed by atoms with E-state index in [9.17, 15) is 23.2 Å². The molecule has 190 valence electrons. The average molecular weight is 523 g/mol. The van der Waals surface area contributed by atoms with E-state index in [0.717, 1.165) is 6.07 Å². The smallest absolute Gasteiger partial charge is 0.287 e. The molecule has 0 bridgehead atoms. The molecule has 2 heterocycles. The van der Waals surface area contributed by atoms with Crippen molar-refractivity contribution in [1.29, 1.82) is 0 Å². The number of aromatic nitrogens is 2. The van der Waals surface area contributed by atoms with Gasteiger partial charge in [-0.1, -0.05) is 17.7 Å². The summed E-state index contributed by atoms with van der Waals surface area (Å²) in [6.45, 7) is -0.125. The number of H-pyrrole nitrogens is 1. The lowest BCUT2D eigenvalue weighted by atomic mass is 10.2. The van der Waals surface area contributed by atoms with Crippen LogP contribution < -0.4 is 20.9 Å². The van der Waals surface area contributed by atoms with Gasteiger partial charge in [0.25, 0.3) is 17.4 Å². The van der Waals surface area contributed by atoms with Crippen LogP contribution in [0.25, 0.3) is 10.9 Å². The number of hydrogen-bond donors (Lipinski definition) is 3. The van der Waals surface area contributed by atoms with Crippen molar-refractivity contribution in [2.75, 3.05) is 26.9 Å². The number of rotatable bonds is 7. The quantitative estimate of drug-likeness (QED) is 0.430. The number of carbonyl (C=O) groups is 2. The largest absolute Gasteiger partial charge is 0.487 e. The fourth-order valence-corrected chi connectivity index (χ4v) is 3.67. The summed E-state index contributed by atoms with van der Waals surface area (Å²) in [5.41, 5.74) is -0.221. The van der Waals surface area contributed by atoms with E-state index < -0.39 is 35.3 Å². The van der Waals surface area contributed by atoms with Gasteiger partial charge in [-0.15, -0.1) is 0 Å². The summed E-state index contributed by atoms with van der Waals surface area (Å²) in [6.07, 6.45) is -1.35. The van der Waals surface area contributed by atoms with Crippen LogP contribution in [0.4, 0.5) is 8.78 Å². The van der Waals surface area contributed by atoms with Gasteiger partial charge in [-0.3, -0.25) is 14.4 Å². The van der Waals surface area contributed by atoms with Gasteiger partial charge in [0, 0.05) is 13.6 Å². The van der Waals surface area contributed by atoms with E-state index in [1.165, 1.54) is 31.3 Å². The minimum absolute atomic E-state index is 0.00257. The Labute approximate surface area is 207 Å². The van der Waals surface area contributed by atoms with Gasteiger partial charge in [0.2, 0.25) is 0 Å². The normalized spacial score (nSPS) is 17.6. The maximum absolute atomic E-state index is 14.5. The lowest BCUT2D eigenvalue weighted by molar-refractivity contribution is -0.163. The third kappa shape index (κ3) is 5.61. The van der Waals surface area contributed by atoms with E-state index in [-0.39, 0.29) is 59.8 Å². The summed E-state index contributed by atoms with van der Waals surface area (Å²) >= 11 is 5.74. The molecular weight excluding hydrogens is 502 g/mol. The van der Waals surface area contributed by atoms with Gasteiger partial charge in [0.05, 0.1) is 23.8 Å². The van der Waals surface area contributed by atoms with Gasteiger partial charge in [-0.05, 0) is 29.8 Å². The first-order valence-electron chi connectivity index (χ1n) is 10.8. The topological polar surface area (TPSA) is 132 Å². The van der Waals surface area contributed by atoms with Crippen LogP contribution in [0.15, 0.2) is 35.1 Å². The van der Waals surface area contributed by atoms with Crippen LogP contribution in [0.1, 0.15) is 16.2 Å². The molecule has 1 aliphatic heterocycles. The number of nitrogens with zero attached hydrogens (tertiary/aromatic N) is 1. The molecule has 1 saturated heterocycles. The Morgan fingerprint density at radius 3 is 2.67 bits per heavy atom. The van der Waals surface area contributed by atoms with Crippen molar-refractivity contribution in [3.05, 3.63) is 68.7 Å². The van der Waals surface area contributed by atoms with Crippen molar-refractivity contribution in [1.82, 2.24) is 20.6 Å². The lowest BCUT2D eigenvalue weighted by Gasteiger charge is -2.28. The first-order chi connectivity index (χ1) is 17.3. The summed E-state index contributed by atoms with van der Waals surface area (Å²) in [7, 11) is 1.48. The summed E-state index contributed by atoms with van der Waals surface area (Å²) in [6, 6.07) is 6.29. The molecule has 1 fully saturated rings. The molecule has 3 N–H and O–H groups in total. The second kappa shape index (κ2) is 11.0. The van der Waals surface area contributed by atoms with Crippen LogP contribution >= 0.6 is 11.6 Å². The first-order valence-corrected chi connectivity index (χ1v) is 11.2. The molecule has 13 heteroatoms. The number of aromatic amines is 1. The predicted octanol–water partition coefficient (Wildman–Crippen LogP) is 1.69. The molecule has 2 atom stereocenters. The molecule has 10 nitrogen and oxygen atoms in total. The number of nitrogens with one attached hydrogen (secondary N) is 3. The van der Waals surface area contributed by atoms with Crippen molar-refractivity contribution in [3.63, 3.8) is 0 Å². The molecule has 3 aromatic rings. The third-order valence-corrected chi connectivity index (χ3v) is 5.64.